The molecule has 0 aliphatic heterocycles. The summed E-state index contributed by atoms with van der Waals surface area (Å²) in [5, 5.41) is 11.3. The van der Waals surface area contributed by atoms with E-state index in [1.165, 1.54) is 12.7 Å². The van der Waals surface area contributed by atoms with E-state index in [0.29, 0.717) is 17.0 Å². The van der Waals surface area contributed by atoms with E-state index in [1.54, 1.807) is 6.92 Å². The van der Waals surface area contributed by atoms with E-state index >= 15 is 0 Å². The van der Waals surface area contributed by atoms with Gasteiger partial charge in [-0.05, 0) is 5.92 Å². The first-order chi connectivity index (χ1) is 9.06. The van der Waals surface area contributed by atoms with Crippen LogP contribution in [0.4, 0.5) is 5.82 Å². The van der Waals surface area contributed by atoms with E-state index in [1.807, 2.05) is 0 Å². The topological polar surface area (TPSA) is 121 Å². The Hall–Kier alpha value is -2.51. The van der Waals surface area contributed by atoms with E-state index in [2.05, 4.69) is 25.3 Å². The average Bonchev–Trinajstić information content (AvgIpc) is 2.76. The quantitative estimate of drug-likeness (QED) is 0.733. The molecule has 0 saturated carbocycles. The molecule has 2 aromatic rings. The third-order valence-corrected chi connectivity index (χ3v) is 2.54. The van der Waals surface area contributed by atoms with Crippen LogP contribution >= 0.6 is 0 Å². The van der Waals surface area contributed by atoms with Gasteiger partial charge in [-0.3, -0.25) is 9.59 Å². The number of rotatable bonds is 5. The molecule has 8 heteroatoms. The van der Waals surface area contributed by atoms with Gasteiger partial charge in [0.2, 0.25) is 5.91 Å². The fourth-order valence-corrected chi connectivity index (χ4v) is 1.73. The van der Waals surface area contributed by atoms with Crippen molar-refractivity contribution < 1.29 is 14.7 Å². The normalized spacial score (nSPS) is 12.3. The zero-order valence-corrected chi connectivity index (χ0v) is 10.3. The Morgan fingerprint density at radius 3 is 2.89 bits per heavy atom. The molecule has 0 aliphatic rings. The molecule has 0 spiro atoms. The van der Waals surface area contributed by atoms with Gasteiger partial charge in [0, 0.05) is 12.8 Å². The fourth-order valence-electron chi connectivity index (χ4n) is 1.73. The number of amides is 1. The molecule has 3 N–H and O–H groups in total. The van der Waals surface area contributed by atoms with Crippen LogP contribution in [0.2, 0.25) is 0 Å². The minimum atomic E-state index is -0.918. The van der Waals surface area contributed by atoms with E-state index in [4.69, 9.17) is 5.11 Å². The molecular weight excluding hydrogens is 250 g/mol. The summed E-state index contributed by atoms with van der Waals surface area (Å²) in [5.41, 5.74) is 1.01. The number of carbonyl (C=O) groups is 2. The van der Waals surface area contributed by atoms with E-state index in [9.17, 15) is 9.59 Å². The second-order valence-electron chi connectivity index (χ2n) is 4.28. The zero-order valence-electron chi connectivity index (χ0n) is 10.3. The fraction of sp³-hybridized carbons (Fsp3) is 0.364. The molecule has 100 valence electrons. The molecule has 1 unspecified atom stereocenters. The van der Waals surface area contributed by atoms with Gasteiger partial charge in [-0.1, -0.05) is 6.92 Å². The van der Waals surface area contributed by atoms with Crippen LogP contribution in [-0.4, -0.2) is 36.9 Å². The van der Waals surface area contributed by atoms with Crippen LogP contribution in [0.3, 0.4) is 0 Å². The summed E-state index contributed by atoms with van der Waals surface area (Å²) >= 11 is 0. The first-order valence-electron chi connectivity index (χ1n) is 5.72. The highest BCUT2D eigenvalue weighted by atomic mass is 16.4. The van der Waals surface area contributed by atoms with Crippen LogP contribution in [0, 0.1) is 5.92 Å². The van der Waals surface area contributed by atoms with Crippen LogP contribution in [0.1, 0.15) is 19.8 Å². The standard InChI is InChI=1S/C11H13N5O3/c1-6(3-8(18)19)2-7(17)16-11-9-10(13-4-12-9)14-5-15-11/h4-6H,2-3H2,1H3,(H,18,19)(H2,12,13,14,15,16,17). The number of carboxylic acids is 1. The first-order valence-corrected chi connectivity index (χ1v) is 5.72. The summed E-state index contributed by atoms with van der Waals surface area (Å²) < 4.78 is 0. The van der Waals surface area contributed by atoms with Crippen LogP contribution in [0.5, 0.6) is 0 Å². The Kier molecular flexibility index (Phi) is 3.69. The largest absolute Gasteiger partial charge is 0.481 e. The van der Waals surface area contributed by atoms with Crippen molar-refractivity contribution >= 4 is 28.9 Å². The lowest BCUT2D eigenvalue weighted by Gasteiger charge is -2.08. The molecule has 0 radical (unpaired) electrons. The van der Waals surface area contributed by atoms with Crippen LogP contribution in [0.15, 0.2) is 12.7 Å². The Balaban J connectivity index is 2.03. The van der Waals surface area contributed by atoms with Crippen LogP contribution in [0.25, 0.3) is 11.2 Å². The second-order valence-corrected chi connectivity index (χ2v) is 4.28. The van der Waals surface area contributed by atoms with Crippen molar-refractivity contribution in [3.05, 3.63) is 12.7 Å². The first kappa shape index (κ1) is 12.9. The van der Waals surface area contributed by atoms with E-state index in [-0.39, 0.29) is 24.7 Å². The summed E-state index contributed by atoms with van der Waals surface area (Å²) in [6, 6.07) is 0. The van der Waals surface area contributed by atoms with E-state index in [0.717, 1.165) is 0 Å². The predicted molar refractivity (Wildman–Crippen MR) is 66.3 cm³/mol. The lowest BCUT2D eigenvalue weighted by Crippen LogP contribution is -2.17. The molecule has 0 aromatic carbocycles. The number of fused-ring (bicyclic) bond motifs is 1. The molecule has 2 heterocycles. The smallest absolute Gasteiger partial charge is 0.303 e. The molecule has 0 fully saturated rings. The number of nitrogens with zero attached hydrogens (tertiary/aromatic N) is 3. The van der Waals surface area contributed by atoms with Crippen molar-refractivity contribution in [2.75, 3.05) is 5.32 Å². The Labute approximate surface area is 108 Å². The van der Waals surface area contributed by atoms with E-state index < -0.39 is 5.97 Å². The molecule has 8 nitrogen and oxygen atoms in total. The predicted octanol–water partition coefficient (Wildman–Crippen LogP) is 0.792. The van der Waals surface area contributed by atoms with Crippen molar-refractivity contribution in [2.45, 2.75) is 19.8 Å². The van der Waals surface area contributed by atoms with Crippen LogP contribution < -0.4 is 5.32 Å². The Bertz CT molecular complexity index is 609. The number of carbonyl (C=O) groups excluding carboxylic acids is 1. The highest BCUT2D eigenvalue weighted by molar-refractivity contribution is 5.96. The summed E-state index contributed by atoms with van der Waals surface area (Å²) in [6.45, 7) is 1.71. The van der Waals surface area contributed by atoms with Gasteiger partial charge in [0.05, 0.1) is 6.33 Å². The Morgan fingerprint density at radius 2 is 2.16 bits per heavy atom. The SMILES string of the molecule is CC(CC(=O)O)CC(=O)Nc1ncnc2nc[nH]c12. The molecule has 0 saturated heterocycles. The summed E-state index contributed by atoms with van der Waals surface area (Å²) in [4.78, 5) is 37.0. The van der Waals surface area contributed by atoms with Gasteiger partial charge in [0.25, 0.3) is 0 Å². The molecule has 19 heavy (non-hydrogen) atoms. The van der Waals surface area contributed by atoms with Crippen molar-refractivity contribution in [3.63, 3.8) is 0 Å². The monoisotopic (exact) mass is 263 g/mol. The Morgan fingerprint density at radius 1 is 1.37 bits per heavy atom. The second kappa shape index (κ2) is 5.42. The minimum absolute atomic E-state index is 0.0450. The zero-order chi connectivity index (χ0) is 13.8. The van der Waals surface area contributed by atoms with Crippen molar-refractivity contribution in [2.24, 2.45) is 5.92 Å². The third kappa shape index (κ3) is 3.24. The lowest BCUT2D eigenvalue weighted by molar-refractivity contribution is -0.138. The summed E-state index contributed by atoms with van der Waals surface area (Å²) in [6.07, 6.45) is 2.84. The average molecular weight is 263 g/mol. The maximum atomic E-state index is 11.8. The summed E-state index contributed by atoms with van der Waals surface area (Å²) in [5.74, 6) is -1.10. The highest BCUT2D eigenvalue weighted by Gasteiger charge is 2.14. The van der Waals surface area contributed by atoms with Crippen molar-refractivity contribution in [3.8, 4) is 0 Å². The number of carboxylic acid groups (broad SMARTS) is 1. The van der Waals surface area contributed by atoms with Crippen molar-refractivity contribution in [1.82, 2.24) is 19.9 Å². The maximum absolute atomic E-state index is 11.8. The molecule has 1 atom stereocenters. The number of aliphatic carboxylic acids is 1. The number of imidazole rings is 1. The third-order valence-electron chi connectivity index (χ3n) is 2.54. The molecular formula is C11H13N5O3. The number of nitrogens with one attached hydrogen (secondary N) is 2. The van der Waals surface area contributed by atoms with Gasteiger partial charge in [0.1, 0.15) is 11.8 Å². The van der Waals surface area contributed by atoms with Gasteiger partial charge in [-0.2, -0.15) is 0 Å². The number of hydrogen-bond acceptors (Lipinski definition) is 5. The van der Waals surface area contributed by atoms with Gasteiger partial charge < -0.3 is 15.4 Å². The molecule has 1 amide bonds. The number of hydrogen-bond donors (Lipinski definition) is 3. The maximum Gasteiger partial charge on any atom is 0.303 e. The van der Waals surface area contributed by atoms with Crippen LogP contribution in [-0.2, 0) is 9.59 Å². The van der Waals surface area contributed by atoms with Gasteiger partial charge in [0.15, 0.2) is 11.5 Å². The molecule has 2 aromatic heterocycles. The highest BCUT2D eigenvalue weighted by Crippen LogP contribution is 2.16. The van der Waals surface area contributed by atoms with Gasteiger partial charge in [-0.25, -0.2) is 15.0 Å². The number of aromatic nitrogens is 4. The summed E-state index contributed by atoms with van der Waals surface area (Å²) in [7, 11) is 0. The molecule has 2 rings (SSSR count). The van der Waals surface area contributed by atoms with Crippen molar-refractivity contribution in [1.29, 1.82) is 0 Å². The number of anilines is 1. The molecule has 0 aliphatic carbocycles. The lowest BCUT2D eigenvalue weighted by atomic mass is 10.0. The minimum Gasteiger partial charge on any atom is -0.481 e. The van der Waals surface area contributed by atoms with Gasteiger partial charge in [-0.15, -0.1) is 0 Å². The van der Waals surface area contributed by atoms with Gasteiger partial charge >= 0.3 is 5.97 Å². The molecule has 0 bridgehead atoms. The number of H-pyrrole nitrogens is 1. The number of aromatic amines is 1.